The van der Waals surface area contributed by atoms with Gasteiger partial charge < -0.3 is 10.0 Å². The minimum Gasteiger partial charge on any atom is -0.396 e. The molecular weight excluding hydrogens is 364 g/mol. The Bertz CT molecular complexity index is 894. The Morgan fingerprint density at radius 2 is 2.12 bits per heavy atom. The molecule has 26 heavy (non-hydrogen) atoms. The number of carbonyl (C=O) groups excluding carboxylic acids is 1. The number of para-hydroxylation sites is 1. The van der Waals surface area contributed by atoms with E-state index in [2.05, 4.69) is 18.0 Å². The second kappa shape index (κ2) is 7.10. The first-order valence-electron chi connectivity index (χ1n) is 9.00. The first-order chi connectivity index (χ1) is 12.6. The Hall–Kier alpha value is -1.76. The molecule has 0 saturated carbocycles. The number of hydrogen-bond acceptors (Lipinski definition) is 5. The highest BCUT2D eigenvalue weighted by Crippen LogP contribution is 2.37. The van der Waals surface area contributed by atoms with Gasteiger partial charge in [0.15, 0.2) is 0 Å². The Morgan fingerprint density at radius 3 is 2.88 bits per heavy atom. The fourth-order valence-corrected chi connectivity index (χ4v) is 5.61. The number of thiazole rings is 1. The Morgan fingerprint density at radius 1 is 1.27 bits per heavy atom. The van der Waals surface area contributed by atoms with E-state index in [1.807, 2.05) is 35.2 Å². The summed E-state index contributed by atoms with van der Waals surface area (Å²) in [6.07, 6.45) is 2.84. The van der Waals surface area contributed by atoms with Crippen molar-refractivity contribution in [3.8, 4) is 9.88 Å². The number of hydrogen-bond donors (Lipinski definition) is 1. The van der Waals surface area contributed by atoms with Gasteiger partial charge in [-0.25, -0.2) is 4.98 Å². The molecule has 0 spiro atoms. The summed E-state index contributed by atoms with van der Waals surface area (Å²) in [5, 5.41) is 10.8. The number of nitrogens with zero attached hydrogens (tertiary/aromatic N) is 2. The summed E-state index contributed by atoms with van der Waals surface area (Å²) in [7, 11) is 0. The number of likely N-dealkylation sites (tertiary alicyclic amines) is 1. The molecule has 1 fully saturated rings. The molecule has 6 heteroatoms. The van der Waals surface area contributed by atoms with Gasteiger partial charge in [-0.1, -0.05) is 19.1 Å². The van der Waals surface area contributed by atoms with Crippen LogP contribution in [-0.4, -0.2) is 40.6 Å². The summed E-state index contributed by atoms with van der Waals surface area (Å²) < 4.78 is 1.16. The first-order valence-corrected chi connectivity index (χ1v) is 10.6. The third-order valence-corrected chi connectivity index (χ3v) is 7.63. The number of thiophene rings is 1. The van der Waals surface area contributed by atoms with E-state index in [1.165, 1.54) is 11.3 Å². The average Bonchev–Trinajstić information content (AvgIpc) is 3.34. The van der Waals surface area contributed by atoms with Crippen LogP contribution >= 0.6 is 22.7 Å². The third kappa shape index (κ3) is 3.17. The molecule has 1 aliphatic heterocycles. The molecule has 136 valence electrons. The minimum absolute atomic E-state index is 0.0772. The Labute approximate surface area is 161 Å². The van der Waals surface area contributed by atoms with Gasteiger partial charge in [0, 0.05) is 18.5 Å². The van der Waals surface area contributed by atoms with Gasteiger partial charge in [0.05, 0.1) is 26.6 Å². The molecule has 3 heterocycles. The van der Waals surface area contributed by atoms with Crippen LogP contribution < -0.4 is 0 Å². The van der Waals surface area contributed by atoms with Gasteiger partial charge in [0.1, 0.15) is 5.01 Å². The van der Waals surface area contributed by atoms with Gasteiger partial charge in [0.25, 0.3) is 5.91 Å². The summed E-state index contributed by atoms with van der Waals surface area (Å²) in [5.74, 6) is 0.0772. The van der Waals surface area contributed by atoms with E-state index >= 15 is 0 Å². The van der Waals surface area contributed by atoms with E-state index in [9.17, 15) is 9.90 Å². The molecule has 4 nitrogen and oxygen atoms in total. The predicted molar refractivity (Wildman–Crippen MR) is 108 cm³/mol. The lowest BCUT2D eigenvalue weighted by molar-refractivity contribution is 0.0254. The number of piperidine rings is 1. The van der Waals surface area contributed by atoms with E-state index in [1.54, 1.807) is 11.3 Å². The zero-order valence-electron chi connectivity index (χ0n) is 14.8. The van der Waals surface area contributed by atoms with E-state index in [-0.39, 0.29) is 17.9 Å². The lowest BCUT2D eigenvalue weighted by atomic mass is 9.78. The quantitative estimate of drug-likeness (QED) is 0.710. The molecule has 1 atom stereocenters. The molecule has 4 rings (SSSR count). The molecule has 0 bridgehead atoms. The van der Waals surface area contributed by atoms with Crippen LogP contribution in [0.15, 0.2) is 36.4 Å². The van der Waals surface area contributed by atoms with E-state index in [4.69, 9.17) is 0 Å². The largest absolute Gasteiger partial charge is 0.396 e. The van der Waals surface area contributed by atoms with E-state index < -0.39 is 0 Å². The van der Waals surface area contributed by atoms with Crippen molar-refractivity contribution in [1.29, 1.82) is 0 Å². The van der Waals surface area contributed by atoms with E-state index in [0.717, 1.165) is 50.8 Å². The van der Waals surface area contributed by atoms with E-state index in [0.29, 0.717) is 6.54 Å². The van der Waals surface area contributed by atoms with Gasteiger partial charge in [0.2, 0.25) is 0 Å². The van der Waals surface area contributed by atoms with Gasteiger partial charge in [-0.15, -0.1) is 22.7 Å². The van der Waals surface area contributed by atoms with Crippen molar-refractivity contribution < 1.29 is 9.90 Å². The summed E-state index contributed by atoms with van der Waals surface area (Å²) in [6.45, 7) is 3.66. The standard InChI is InChI=1S/C20H22N2O2S2/c1-2-20(13-23)10-5-11-22(12-20)19(24)17-9-8-16(25-17)18-21-14-6-3-4-7-15(14)26-18/h3-4,6-9,23H,2,5,10-13H2,1H3. The molecule has 2 aromatic heterocycles. The van der Waals surface area contributed by atoms with Crippen molar-refractivity contribution in [3.05, 3.63) is 41.3 Å². The van der Waals surface area contributed by atoms with Crippen LogP contribution in [0.4, 0.5) is 0 Å². The fourth-order valence-electron chi connectivity index (χ4n) is 3.61. The number of aliphatic hydroxyl groups excluding tert-OH is 1. The maximum Gasteiger partial charge on any atom is 0.263 e. The molecule has 1 N–H and O–H groups in total. The van der Waals surface area contributed by atoms with Crippen LogP contribution in [0, 0.1) is 5.41 Å². The molecular formula is C20H22N2O2S2. The van der Waals surface area contributed by atoms with Crippen LogP contribution in [0.3, 0.4) is 0 Å². The van der Waals surface area contributed by atoms with Gasteiger partial charge >= 0.3 is 0 Å². The monoisotopic (exact) mass is 386 g/mol. The summed E-state index contributed by atoms with van der Waals surface area (Å²) >= 11 is 3.17. The maximum absolute atomic E-state index is 13.0. The summed E-state index contributed by atoms with van der Waals surface area (Å²) in [5.41, 5.74) is 0.863. The highest BCUT2D eigenvalue weighted by molar-refractivity contribution is 7.26. The first kappa shape index (κ1) is 17.6. The molecule has 1 aromatic carbocycles. The number of benzene rings is 1. The molecule has 0 aliphatic carbocycles. The Balaban J connectivity index is 1.56. The van der Waals surface area contributed by atoms with Crippen LogP contribution in [0.1, 0.15) is 35.9 Å². The minimum atomic E-state index is -0.138. The van der Waals surface area contributed by atoms with Crippen molar-refractivity contribution in [3.63, 3.8) is 0 Å². The molecule has 1 aliphatic rings. The van der Waals surface area contributed by atoms with Gasteiger partial charge in [-0.3, -0.25) is 4.79 Å². The third-order valence-electron chi connectivity index (χ3n) is 5.36. The number of amides is 1. The van der Waals surface area contributed by atoms with Crippen molar-refractivity contribution in [2.45, 2.75) is 26.2 Å². The zero-order valence-corrected chi connectivity index (χ0v) is 16.4. The number of aliphatic hydroxyl groups is 1. The van der Waals surface area contributed by atoms with Crippen LogP contribution in [0.5, 0.6) is 0 Å². The van der Waals surface area contributed by atoms with Crippen molar-refractivity contribution in [2.75, 3.05) is 19.7 Å². The van der Waals surface area contributed by atoms with Crippen molar-refractivity contribution >= 4 is 38.8 Å². The van der Waals surface area contributed by atoms with Crippen LogP contribution in [0.2, 0.25) is 0 Å². The molecule has 1 amide bonds. The van der Waals surface area contributed by atoms with Crippen molar-refractivity contribution in [2.24, 2.45) is 5.41 Å². The topological polar surface area (TPSA) is 53.4 Å². The smallest absolute Gasteiger partial charge is 0.263 e. The summed E-state index contributed by atoms with van der Waals surface area (Å²) in [6, 6.07) is 12.0. The fraction of sp³-hybridized carbons (Fsp3) is 0.400. The number of fused-ring (bicyclic) bond motifs is 1. The lowest BCUT2D eigenvalue weighted by Crippen LogP contribution is -2.47. The second-order valence-corrected chi connectivity index (χ2v) is 9.11. The van der Waals surface area contributed by atoms with Crippen LogP contribution in [-0.2, 0) is 0 Å². The molecule has 3 aromatic rings. The van der Waals surface area contributed by atoms with Gasteiger partial charge in [-0.05, 0) is 43.5 Å². The number of aromatic nitrogens is 1. The molecule has 1 unspecified atom stereocenters. The van der Waals surface area contributed by atoms with Crippen molar-refractivity contribution in [1.82, 2.24) is 9.88 Å². The average molecular weight is 387 g/mol. The summed E-state index contributed by atoms with van der Waals surface area (Å²) in [4.78, 5) is 21.4. The zero-order chi connectivity index (χ0) is 18.1. The second-order valence-electron chi connectivity index (χ2n) is 6.99. The normalized spacial score (nSPS) is 20.6. The van der Waals surface area contributed by atoms with Crippen LogP contribution in [0.25, 0.3) is 20.1 Å². The molecule has 1 saturated heterocycles. The lowest BCUT2D eigenvalue weighted by Gasteiger charge is -2.41. The Kier molecular flexibility index (Phi) is 4.82. The number of rotatable bonds is 4. The maximum atomic E-state index is 13.0. The highest BCUT2D eigenvalue weighted by Gasteiger charge is 2.35. The van der Waals surface area contributed by atoms with Gasteiger partial charge in [-0.2, -0.15) is 0 Å². The SMILES string of the molecule is CCC1(CO)CCCN(C(=O)c2ccc(-c3nc4ccccc4s3)s2)C1. The highest BCUT2D eigenvalue weighted by atomic mass is 32.1. The molecule has 0 radical (unpaired) electrons. The number of carbonyl (C=O) groups is 1. The predicted octanol–water partition coefficient (Wildman–Crippen LogP) is 4.65.